The third-order valence-electron chi connectivity index (χ3n) is 3.09. The quantitative estimate of drug-likeness (QED) is 0.695. The first-order valence-corrected chi connectivity index (χ1v) is 7.61. The number of amides is 2. The molecule has 1 unspecified atom stereocenters. The van der Waals surface area contributed by atoms with Crippen LogP contribution in [-0.2, 0) is 9.53 Å². The van der Waals surface area contributed by atoms with Crippen molar-refractivity contribution in [2.75, 3.05) is 11.1 Å². The smallest absolute Gasteiger partial charge is 0.405 e. The van der Waals surface area contributed by atoms with Crippen molar-refractivity contribution in [3.63, 3.8) is 0 Å². The van der Waals surface area contributed by atoms with Gasteiger partial charge in [-0.25, -0.2) is 4.79 Å². The minimum Gasteiger partial charge on any atom is -0.441 e. The van der Waals surface area contributed by atoms with Crippen LogP contribution in [0.15, 0.2) is 53.0 Å². The van der Waals surface area contributed by atoms with E-state index in [1.807, 2.05) is 6.07 Å². The molecular weight excluding hydrogens is 362 g/mol. The molecule has 0 spiro atoms. The van der Waals surface area contributed by atoms with E-state index < -0.39 is 12.2 Å². The first kappa shape index (κ1) is 16.8. The Balaban J connectivity index is 2.09. The minimum atomic E-state index is -0.935. The molecule has 7 heteroatoms. The molecule has 0 saturated carbocycles. The number of benzene rings is 2. The molecule has 6 nitrogen and oxygen atoms in total. The maximum Gasteiger partial charge on any atom is 0.405 e. The van der Waals surface area contributed by atoms with Crippen molar-refractivity contribution in [3.8, 4) is 0 Å². The van der Waals surface area contributed by atoms with Gasteiger partial charge in [0.2, 0.25) is 5.91 Å². The number of rotatable bonds is 5. The molecule has 2 aromatic rings. The predicted octanol–water partition coefficient (Wildman–Crippen LogP) is 3.20. The Morgan fingerprint density at radius 1 is 1.17 bits per heavy atom. The molecule has 0 aliphatic carbocycles. The van der Waals surface area contributed by atoms with Gasteiger partial charge in [-0.3, -0.25) is 4.79 Å². The minimum absolute atomic E-state index is 0.0670. The molecule has 0 aliphatic heterocycles. The topological polar surface area (TPSA) is 107 Å². The average molecular weight is 378 g/mol. The lowest BCUT2D eigenvalue weighted by Gasteiger charge is -2.17. The highest BCUT2D eigenvalue weighted by atomic mass is 79.9. The van der Waals surface area contributed by atoms with Crippen molar-refractivity contribution < 1.29 is 14.3 Å². The third-order valence-corrected chi connectivity index (χ3v) is 3.58. The zero-order valence-electron chi connectivity index (χ0n) is 12.2. The number of nitrogen functional groups attached to an aromatic ring is 1. The highest BCUT2D eigenvalue weighted by Gasteiger charge is 2.19. The van der Waals surface area contributed by atoms with E-state index in [0.717, 1.165) is 4.47 Å². The number of nitrogens with one attached hydrogen (secondary N) is 1. The normalized spacial score (nSPS) is 11.5. The summed E-state index contributed by atoms with van der Waals surface area (Å²) in [5, 5.41) is 2.69. The first-order valence-electron chi connectivity index (χ1n) is 6.81. The summed E-state index contributed by atoms with van der Waals surface area (Å²) in [5.41, 5.74) is 12.5. The van der Waals surface area contributed by atoms with Crippen LogP contribution in [0.4, 0.5) is 16.2 Å². The van der Waals surface area contributed by atoms with Crippen LogP contribution < -0.4 is 16.8 Å². The Morgan fingerprint density at radius 2 is 1.87 bits per heavy atom. The van der Waals surface area contributed by atoms with Crippen molar-refractivity contribution >= 4 is 39.3 Å². The van der Waals surface area contributed by atoms with Crippen LogP contribution in [0.1, 0.15) is 18.1 Å². The van der Waals surface area contributed by atoms with E-state index in [9.17, 15) is 9.59 Å². The number of anilines is 2. The van der Waals surface area contributed by atoms with Crippen LogP contribution in [0.25, 0.3) is 0 Å². The molecule has 5 N–H and O–H groups in total. The van der Waals surface area contributed by atoms with E-state index in [2.05, 4.69) is 21.2 Å². The second-order valence-electron chi connectivity index (χ2n) is 4.82. The fourth-order valence-corrected chi connectivity index (χ4v) is 2.43. The van der Waals surface area contributed by atoms with Gasteiger partial charge in [0.1, 0.15) is 6.10 Å². The Morgan fingerprint density at radius 3 is 2.48 bits per heavy atom. The maximum absolute atomic E-state index is 12.2. The molecule has 2 amide bonds. The molecule has 23 heavy (non-hydrogen) atoms. The molecule has 0 aromatic heterocycles. The van der Waals surface area contributed by atoms with Gasteiger partial charge in [-0.1, -0.05) is 46.3 Å². The number of halogens is 1. The summed E-state index contributed by atoms with van der Waals surface area (Å²) in [6.07, 6.45) is -1.76. The monoisotopic (exact) mass is 377 g/mol. The lowest BCUT2D eigenvalue weighted by molar-refractivity contribution is -0.118. The van der Waals surface area contributed by atoms with Gasteiger partial charge in [0.05, 0.1) is 17.8 Å². The van der Waals surface area contributed by atoms with Crippen LogP contribution in [-0.4, -0.2) is 12.0 Å². The van der Waals surface area contributed by atoms with Crippen molar-refractivity contribution in [1.29, 1.82) is 0 Å². The van der Waals surface area contributed by atoms with E-state index in [1.54, 1.807) is 42.5 Å². The van der Waals surface area contributed by atoms with E-state index in [-0.39, 0.29) is 12.3 Å². The molecule has 0 bridgehead atoms. The molecule has 0 aliphatic rings. The molecular formula is C16H16BrN3O3. The van der Waals surface area contributed by atoms with E-state index in [1.165, 1.54) is 0 Å². The van der Waals surface area contributed by atoms with Gasteiger partial charge in [0, 0.05) is 4.47 Å². The molecule has 2 rings (SSSR count). The second-order valence-corrected chi connectivity index (χ2v) is 5.74. The van der Waals surface area contributed by atoms with E-state index >= 15 is 0 Å². The third kappa shape index (κ3) is 5.00. The summed E-state index contributed by atoms with van der Waals surface area (Å²) in [4.78, 5) is 23.3. The molecule has 1 atom stereocenters. The standard InChI is InChI=1S/C16H16BrN3O3/c17-11-6-7-13(12(18)8-11)20-15(21)9-14(23-16(19)22)10-4-2-1-3-5-10/h1-8,14H,9,18H2,(H2,19,22)(H,20,21). The highest BCUT2D eigenvalue weighted by Crippen LogP contribution is 2.25. The zero-order valence-corrected chi connectivity index (χ0v) is 13.7. The average Bonchev–Trinajstić information content (AvgIpc) is 2.50. The summed E-state index contributed by atoms with van der Waals surface area (Å²) in [6.45, 7) is 0. The molecule has 0 fully saturated rings. The van der Waals surface area contributed by atoms with Crippen molar-refractivity contribution in [2.45, 2.75) is 12.5 Å². The fraction of sp³-hybridized carbons (Fsp3) is 0.125. The van der Waals surface area contributed by atoms with Gasteiger partial charge in [-0.05, 0) is 23.8 Å². The number of primary amides is 1. The Hall–Kier alpha value is -2.54. The van der Waals surface area contributed by atoms with Gasteiger partial charge >= 0.3 is 6.09 Å². The van der Waals surface area contributed by atoms with Crippen LogP contribution >= 0.6 is 15.9 Å². The van der Waals surface area contributed by atoms with Crippen LogP contribution in [0.3, 0.4) is 0 Å². The van der Waals surface area contributed by atoms with Gasteiger partial charge in [0.15, 0.2) is 0 Å². The number of carbonyl (C=O) groups is 2. The number of carbonyl (C=O) groups excluding carboxylic acids is 2. The summed E-state index contributed by atoms with van der Waals surface area (Å²) < 4.78 is 5.85. The van der Waals surface area contributed by atoms with Gasteiger partial charge in [-0.15, -0.1) is 0 Å². The fourth-order valence-electron chi connectivity index (χ4n) is 2.05. The number of nitrogens with two attached hydrogens (primary N) is 2. The lowest BCUT2D eigenvalue weighted by Crippen LogP contribution is -2.22. The maximum atomic E-state index is 12.2. The molecule has 0 radical (unpaired) electrons. The SMILES string of the molecule is NC(=O)OC(CC(=O)Nc1ccc(Br)cc1N)c1ccccc1. The van der Waals surface area contributed by atoms with Gasteiger partial charge < -0.3 is 21.5 Å². The van der Waals surface area contributed by atoms with Crippen LogP contribution in [0.5, 0.6) is 0 Å². The van der Waals surface area contributed by atoms with Crippen molar-refractivity contribution in [1.82, 2.24) is 0 Å². The molecule has 2 aromatic carbocycles. The summed E-state index contributed by atoms with van der Waals surface area (Å²) in [5.74, 6) is -0.339. The Labute approximate surface area is 141 Å². The molecule has 0 saturated heterocycles. The van der Waals surface area contributed by atoms with Gasteiger partial charge in [0.25, 0.3) is 0 Å². The molecule has 120 valence electrons. The number of hydrogen-bond donors (Lipinski definition) is 3. The Bertz CT molecular complexity index is 707. The lowest BCUT2D eigenvalue weighted by atomic mass is 10.1. The summed E-state index contributed by atoms with van der Waals surface area (Å²) in [7, 11) is 0. The van der Waals surface area contributed by atoms with Crippen LogP contribution in [0.2, 0.25) is 0 Å². The highest BCUT2D eigenvalue weighted by molar-refractivity contribution is 9.10. The van der Waals surface area contributed by atoms with Crippen molar-refractivity contribution in [2.24, 2.45) is 5.73 Å². The number of hydrogen-bond acceptors (Lipinski definition) is 4. The van der Waals surface area contributed by atoms with Crippen molar-refractivity contribution in [3.05, 3.63) is 58.6 Å². The predicted molar refractivity (Wildman–Crippen MR) is 91.7 cm³/mol. The van der Waals surface area contributed by atoms with Crippen LogP contribution in [0, 0.1) is 0 Å². The van der Waals surface area contributed by atoms with E-state index in [4.69, 9.17) is 16.2 Å². The van der Waals surface area contributed by atoms with Gasteiger partial charge in [-0.2, -0.15) is 0 Å². The summed E-state index contributed by atoms with van der Waals surface area (Å²) in [6, 6.07) is 14.1. The second kappa shape index (κ2) is 7.64. The van der Waals surface area contributed by atoms with E-state index in [0.29, 0.717) is 16.9 Å². The largest absolute Gasteiger partial charge is 0.441 e. The number of ether oxygens (including phenoxy) is 1. The summed E-state index contributed by atoms with van der Waals surface area (Å²) >= 11 is 3.30. The zero-order chi connectivity index (χ0) is 16.8. The Kier molecular flexibility index (Phi) is 5.59. The molecule has 0 heterocycles. The first-order chi connectivity index (χ1) is 11.0.